The predicted molar refractivity (Wildman–Crippen MR) is 51.2 cm³/mol. The Morgan fingerprint density at radius 3 is 2.79 bits per heavy atom. The van der Waals surface area contributed by atoms with E-state index in [0.717, 1.165) is 19.3 Å². The van der Waals surface area contributed by atoms with Crippen molar-refractivity contribution in [3.05, 3.63) is 0 Å². The summed E-state index contributed by atoms with van der Waals surface area (Å²) in [6.45, 7) is 0. The van der Waals surface area contributed by atoms with Gasteiger partial charge in [-0.1, -0.05) is 6.42 Å². The SMILES string of the molecule is COC(=O)CCCCCC(N)N=C=O. The average molecular weight is 200 g/mol. The first-order valence-electron chi connectivity index (χ1n) is 4.60. The number of nitrogens with zero attached hydrogens (tertiary/aromatic N) is 1. The van der Waals surface area contributed by atoms with E-state index >= 15 is 0 Å². The maximum absolute atomic E-state index is 10.7. The van der Waals surface area contributed by atoms with Crippen LogP contribution in [0.2, 0.25) is 0 Å². The molecule has 5 heteroatoms. The summed E-state index contributed by atoms with van der Waals surface area (Å²) in [7, 11) is 1.37. The predicted octanol–water partition coefficient (Wildman–Crippen LogP) is 0.730. The van der Waals surface area contributed by atoms with Gasteiger partial charge in [-0.05, 0) is 19.3 Å². The molecule has 80 valence electrons. The van der Waals surface area contributed by atoms with Gasteiger partial charge in [0.15, 0.2) is 0 Å². The second-order valence-electron chi connectivity index (χ2n) is 2.96. The molecule has 0 spiro atoms. The number of isocyanates is 1. The molecule has 0 aromatic rings. The molecule has 0 saturated heterocycles. The maximum Gasteiger partial charge on any atom is 0.305 e. The number of carbonyl (C=O) groups excluding carboxylic acids is 2. The highest BCUT2D eigenvalue weighted by atomic mass is 16.5. The van der Waals surface area contributed by atoms with Crippen molar-refractivity contribution in [3.63, 3.8) is 0 Å². The molecule has 1 atom stereocenters. The minimum absolute atomic E-state index is 0.194. The number of unbranched alkanes of at least 4 members (excludes halogenated alkanes) is 2. The van der Waals surface area contributed by atoms with Gasteiger partial charge in [0.1, 0.15) is 6.17 Å². The van der Waals surface area contributed by atoms with Gasteiger partial charge in [-0.3, -0.25) is 4.79 Å². The lowest BCUT2D eigenvalue weighted by Gasteiger charge is -2.03. The minimum atomic E-state index is -0.453. The van der Waals surface area contributed by atoms with Gasteiger partial charge in [0, 0.05) is 6.42 Å². The van der Waals surface area contributed by atoms with Gasteiger partial charge in [-0.15, -0.1) is 0 Å². The van der Waals surface area contributed by atoms with Crippen molar-refractivity contribution in [2.75, 3.05) is 7.11 Å². The van der Waals surface area contributed by atoms with Crippen LogP contribution in [-0.2, 0) is 14.3 Å². The van der Waals surface area contributed by atoms with Gasteiger partial charge in [0.25, 0.3) is 0 Å². The Hall–Kier alpha value is -1.19. The van der Waals surface area contributed by atoms with Crippen molar-refractivity contribution in [3.8, 4) is 0 Å². The summed E-state index contributed by atoms with van der Waals surface area (Å²) < 4.78 is 4.48. The van der Waals surface area contributed by atoms with Crippen molar-refractivity contribution in [2.45, 2.75) is 38.3 Å². The summed E-state index contributed by atoms with van der Waals surface area (Å²) in [5, 5.41) is 0. The Bertz CT molecular complexity index is 212. The Labute approximate surface area is 83.3 Å². The second-order valence-corrected chi connectivity index (χ2v) is 2.96. The van der Waals surface area contributed by atoms with Crippen LogP contribution in [0.1, 0.15) is 32.1 Å². The Morgan fingerprint density at radius 2 is 2.21 bits per heavy atom. The van der Waals surface area contributed by atoms with Crippen molar-refractivity contribution in [1.29, 1.82) is 0 Å². The third kappa shape index (κ3) is 7.46. The molecule has 2 N–H and O–H groups in total. The van der Waals surface area contributed by atoms with Crippen molar-refractivity contribution < 1.29 is 14.3 Å². The molecule has 0 aliphatic rings. The average Bonchev–Trinajstić information content (AvgIpc) is 2.17. The highest BCUT2D eigenvalue weighted by Crippen LogP contribution is 2.05. The zero-order chi connectivity index (χ0) is 10.8. The van der Waals surface area contributed by atoms with Crippen LogP contribution in [0.15, 0.2) is 4.99 Å². The Kier molecular flexibility index (Phi) is 7.70. The molecule has 1 unspecified atom stereocenters. The molecule has 14 heavy (non-hydrogen) atoms. The van der Waals surface area contributed by atoms with Crippen LogP contribution in [0, 0.1) is 0 Å². The van der Waals surface area contributed by atoms with Gasteiger partial charge in [0.2, 0.25) is 6.08 Å². The summed E-state index contributed by atoms with van der Waals surface area (Å²) in [5.41, 5.74) is 5.43. The van der Waals surface area contributed by atoms with Gasteiger partial charge >= 0.3 is 5.97 Å². The topological polar surface area (TPSA) is 81.8 Å². The number of hydrogen-bond donors (Lipinski definition) is 1. The molecule has 5 nitrogen and oxygen atoms in total. The number of methoxy groups -OCH3 is 1. The molecule has 0 aromatic carbocycles. The molecule has 0 bridgehead atoms. The fourth-order valence-electron chi connectivity index (χ4n) is 1.03. The van der Waals surface area contributed by atoms with E-state index in [2.05, 4.69) is 9.73 Å². The van der Waals surface area contributed by atoms with Gasteiger partial charge in [-0.25, -0.2) is 4.79 Å². The molecule has 0 rings (SSSR count). The standard InChI is InChI=1S/C9H16N2O3/c1-14-9(13)6-4-2-3-5-8(10)11-7-12/h8H,2-6,10H2,1H3. The number of carbonyl (C=O) groups is 1. The van der Waals surface area contributed by atoms with E-state index < -0.39 is 6.17 Å². The van der Waals surface area contributed by atoms with E-state index in [1.165, 1.54) is 13.2 Å². The summed E-state index contributed by atoms with van der Waals surface area (Å²) in [5.74, 6) is -0.194. The largest absolute Gasteiger partial charge is 0.469 e. The second kappa shape index (κ2) is 8.41. The first-order valence-corrected chi connectivity index (χ1v) is 4.60. The third-order valence-electron chi connectivity index (χ3n) is 1.83. The molecule has 0 heterocycles. The number of esters is 1. The number of nitrogens with two attached hydrogens (primary N) is 1. The quantitative estimate of drug-likeness (QED) is 0.284. The van der Waals surface area contributed by atoms with Crippen molar-refractivity contribution in [2.24, 2.45) is 10.7 Å². The summed E-state index contributed by atoms with van der Waals surface area (Å²) in [6.07, 6.45) is 4.56. The van der Waals surface area contributed by atoms with Gasteiger partial charge < -0.3 is 10.5 Å². The van der Waals surface area contributed by atoms with Gasteiger partial charge in [0.05, 0.1) is 7.11 Å². The van der Waals surface area contributed by atoms with Crippen LogP contribution in [0.4, 0.5) is 0 Å². The molecule has 0 saturated carbocycles. The fourth-order valence-corrected chi connectivity index (χ4v) is 1.03. The zero-order valence-electron chi connectivity index (χ0n) is 8.36. The Morgan fingerprint density at radius 1 is 1.50 bits per heavy atom. The van der Waals surface area contributed by atoms with Crippen LogP contribution in [0.25, 0.3) is 0 Å². The lowest BCUT2D eigenvalue weighted by Crippen LogP contribution is -2.16. The molecule has 0 amide bonds. The zero-order valence-corrected chi connectivity index (χ0v) is 8.36. The maximum atomic E-state index is 10.7. The third-order valence-corrected chi connectivity index (χ3v) is 1.83. The lowest BCUT2D eigenvalue weighted by molar-refractivity contribution is -0.140. The van der Waals surface area contributed by atoms with Crippen LogP contribution >= 0.6 is 0 Å². The monoisotopic (exact) mass is 200 g/mol. The first kappa shape index (κ1) is 12.8. The van der Waals surface area contributed by atoms with E-state index in [0.29, 0.717) is 12.8 Å². The van der Waals surface area contributed by atoms with Crippen LogP contribution in [0.3, 0.4) is 0 Å². The van der Waals surface area contributed by atoms with E-state index in [4.69, 9.17) is 5.73 Å². The molecule has 0 aliphatic carbocycles. The van der Waals surface area contributed by atoms with Crippen LogP contribution in [0.5, 0.6) is 0 Å². The van der Waals surface area contributed by atoms with E-state index in [9.17, 15) is 9.59 Å². The van der Waals surface area contributed by atoms with Crippen molar-refractivity contribution in [1.82, 2.24) is 0 Å². The molecular weight excluding hydrogens is 184 g/mol. The highest BCUT2D eigenvalue weighted by molar-refractivity contribution is 5.68. The number of rotatable bonds is 7. The number of ether oxygens (including phenoxy) is 1. The molecular formula is C9H16N2O3. The van der Waals surface area contributed by atoms with Crippen LogP contribution < -0.4 is 5.73 Å². The van der Waals surface area contributed by atoms with Crippen LogP contribution in [-0.4, -0.2) is 25.3 Å². The van der Waals surface area contributed by atoms with Crippen molar-refractivity contribution >= 4 is 12.0 Å². The molecule has 0 fully saturated rings. The first-order chi connectivity index (χ1) is 6.70. The highest BCUT2D eigenvalue weighted by Gasteiger charge is 2.01. The normalized spacial score (nSPS) is 11.6. The van der Waals surface area contributed by atoms with Gasteiger partial charge in [-0.2, -0.15) is 4.99 Å². The summed E-state index contributed by atoms with van der Waals surface area (Å²) in [4.78, 5) is 23.8. The smallest absolute Gasteiger partial charge is 0.305 e. The fraction of sp³-hybridized carbons (Fsp3) is 0.778. The minimum Gasteiger partial charge on any atom is -0.469 e. The molecule has 0 radical (unpaired) electrons. The lowest BCUT2D eigenvalue weighted by atomic mass is 10.1. The molecule has 0 aliphatic heterocycles. The van der Waals surface area contributed by atoms with E-state index in [-0.39, 0.29) is 5.97 Å². The summed E-state index contributed by atoms with van der Waals surface area (Å²) in [6, 6.07) is 0. The van der Waals surface area contributed by atoms with E-state index in [1.807, 2.05) is 0 Å². The molecule has 0 aromatic heterocycles. The van der Waals surface area contributed by atoms with E-state index in [1.54, 1.807) is 0 Å². The number of hydrogen-bond acceptors (Lipinski definition) is 5. The number of aliphatic imine (C=N–C) groups is 1. The Balaban J connectivity index is 3.29. The summed E-state index contributed by atoms with van der Waals surface area (Å²) >= 11 is 0.